The van der Waals surface area contributed by atoms with Crippen LogP contribution in [0.1, 0.15) is 23.2 Å². The van der Waals surface area contributed by atoms with E-state index in [-0.39, 0.29) is 17.7 Å². The normalized spacial score (nSPS) is 21.6. The van der Waals surface area contributed by atoms with E-state index in [4.69, 9.17) is 5.11 Å². The van der Waals surface area contributed by atoms with Crippen molar-refractivity contribution in [1.82, 2.24) is 5.32 Å². The number of rotatable bonds is 4. The topological polar surface area (TPSA) is 92.5 Å². The minimum atomic E-state index is -0.519. The molecule has 1 fully saturated rings. The van der Waals surface area contributed by atoms with Crippen LogP contribution in [0.4, 0.5) is 5.69 Å². The number of hydrogen-bond acceptors (Lipinski definition) is 4. The van der Waals surface area contributed by atoms with E-state index in [0.29, 0.717) is 34.4 Å². The molecule has 0 atom stereocenters. The first kappa shape index (κ1) is 14.2. The average Bonchev–Trinajstić information content (AvgIpc) is 2.33. The van der Waals surface area contributed by atoms with Crippen LogP contribution in [-0.4, -0.2) is 28.6 Å². The van der Waals surface area contributed by atoms with E-state index >= 15 is 0 Å². The van der Waals surface area contributed by atoms with Gasteiger partial charge in [-0.3, -0.25) is 14.9 Å². The first-order valence-electron chi connectivity index (χ1n) is 5.87. The Hall–Kier alpha value is -1.22. The van der Waals surface area contributed by atoms with Crippen LogP contribution in [0, 0.1) is 19.6 Å². The lowest BCUT2D eigenvalue weighted by molar-refractivity contribution is -0.384. The molecule has 0 aromatic heterocycles. The SMILES string of the molecule is O=C(NCC1CC(O)C1)c1cc([N+](=O)[O-])ccc1I. The van der Waals surface area contributed by atoms with Crippen molar-refractivity contribution in [2.75, 3.05) is 6.54 Å². The average molecular weight is 376 g/mol. The van der Waals surface area contributed by atoms with Crippen molar-refractivity contribution in [1.29, 1.82) is 0 Å². The van der Waals surface area contributed by atoms with Gasteiger partial charge in [0.15, 0.2) is 0 Å². The molecule has 0 aliphatic heterocycles. The Morgan fingerprint density at radius 3 is 2.79 bits per heavy atom. The summed E-state index contributed by atoms with van der Waals surface area (Å²) in [6, 6.07) is 4.22. The molecule has 0 radical (unpaired) electrons. The Morgan fingerprint density at radius 1 is 1.53 bits per heavy atom. The lowest BCUT2D eigenvalue weighted by Crippen LogP contribution is -2.38. The predicted molar refractivity (Wildman–Crippen MR) is 76.9 cm³/mol. The van der Waals surface area contributed by atoms with Crippen molar-refractivity contribution >= 4 is 34.2 Å². The Kier molecular flexibility index (Phi) is 4.35. The fourth-order valence-electron chi connectivity index (χ4n) is 2.00. The number of carbonyl (C=O) groups is 1. The summed E-state index contributed by atoms with van der Waals surface area (Å²) in [6.45, 7) is 0.495. The summed E-state index contributed by atoms with van der Waals surface area (Å²) in [5.41, 5.74) is 0.222. The number of benzene rings is 1. The van der Waals surface area contributed by atoms with Crippen LogP contribution in [0.25, 0.3) is 0 Å². The Labute approximate surface area is 123 Å². The maximum absolute atomic E-state index is 12.0. The van der Waals surface area contributed by atoms with E-state index in [9.17, 15) is 14.9 Å². The first-order chi connectivity index (χ1) is 8.97. The molecule has 6 nitrogen and oxygen atoms in total. The van der Waals surface area contributed by atoms with E-state index in [1.807, 2.05) is 22.6 Å². The summed E-state index contributed by atoms with van der Waals surface area (Å²) in [5, 5.41) is 22.6. The Balaban J connectivity index is 2.01. The van der Waals surface area contributed by atoms with Crippen molar-refractivity contribution in [2.24, 2.45) is 5.92 Å². The van der Waals surface area contributed by atoms with Crippen LogP contribution in [-0.2, 0) is 0 Å². The van der Waals surface area contributed by atoms with E-state index in [0.717, 1.165) is 0 Å². The third kappa shape index (κ3) is 3.41. The molecule has 1 aliphatic rings. The van der Waals surface area contributed by atoms with Crippen LogP contribution in [0.5, 0.6) is 0 Å². The van der Waals surface area contributed by atoms with Gasteiger partial charge in [-0.25, -0.2) is 0 Å². The van der Waals surface area contributed by atoms with Gasteiger partial charge < -0.3 is 10.4 Å². The number of amides is 1. The molecule has 1 aromatic carbocycles. The molecule has 1 saturated carbocycles. The van der Waals surface area contributed by atoms with Crippen molar-refractivity contribution in [3.8, 4) is 0 Å². The van der Waals surface area contributed by atoms with Gasteiger partial charge in [0.05, 0.1) is 16.6 Å². The highest BCUT2D eigenvalue weighted by atomic mass is 127. The molecule has 0 unspecified atom stereocenters. The van der Waals surface area contributed by atoms with Crippen LogP contribution >= 0.6 is 22.6 Å². The molecule has 0 saturated heterocycles. The highest BCUT2D eigenvalue weighted by Crippen LogP contribution is 2.26. The second-order valence-electron chi connectivity index (χ2n) is 4.62. The highest BCUT2D eigenvalue weighted by molar-refractivity contribution is 14.1. The highest BCUT2D eigenvalue weighted by Gasteiger charge is 2.27. The van der Waals surface area contributed by atoms with Gasteiger partial charge in [0, 0.05) is 22.2 Å². The Morgan fingerprint density at radius 2 is 2.21 bits per heavy atom. The zero-order chi connectivity index (χ0) is 14.0. The van der Waals surface area contributed by atoms with E-state index in [1.165, 1.54) is 12.1 Å². The molecule has 7 heteroatoms. The van der Waals surface area contributed by atoms with Gasteiger partial charge in [0.1, 0.15) is 0 Å². The fourth-order valence-corrected chi connectivity index (χ4v) is 2.58. The van der Waals surface area contributed by atoms with Gasteiger partial charge in [0.2, 0.25) is 0 Å². The van der Waals surface area contributed by atoms with E-state index in [2.05, 4.69) is 5.32 Å². The number of halogens is 1. The Bertz CT molecular complexity index is 514. The molecule has 0 heterocycles. The molecule has 2 rings (SSSR count). The summed E-state index contributed by atoms with van der Waals surface area (Å²) >= 11 is 1.98. The molecule has 0 spiro atoms. The third-order valence-electron chi connectivity index (χ3n) is 3.17. The smallest absolute Gasteiger partial charge is 0.270 e. The van der Waals surface area contributed by atoms with Gasteiger partial charge >= 0.3 is 0 Å². The summed E-state index contributed by atoms with van der Waals surface area (Å²) in [6.07, 6.45) is 1.15. The number of nitro benzene ring substituents is 1. The number of nitrogens with one attached hydrogen (secondary N) is 1. The second-order valence-corrected chi connectivity index (χ2v) is 5.78. The van der Waals surface area contributed by atoms with Gasteiger partial charge in [-0.15, -0.1) is 0 Å². The summed E-state index contributed by atoms with van der Waals surface area (Å²) < 4.78 is 0.675. The third-order valence-corrected chi connectivity index (χ3v) is 4.11. The standard InChI is InChI=1S/C12H13IN2O4/c13-11-2-1-8(15(18)19)5-10(11)12(17)14-6-7-3-9(16)4-7/h1-2,5,7,9,16H,3-4,6H2,(H,14,17). The van der Waals surface area contributed by atoms with E-state index in [1.54, 1.807) is 6.07 Å². The number of aliphatic hydroxyl groups excluding tert-OH is 1. The summed E-state index contributed by atoms with van der Waals surface area (Å²) in [4.78, 5) is 22.1. The predicted octanol–water partition coefficient (Wildman–Crippen LogP) is 1.70. The zero-order valence-corrected chi connectivity index (χ0v) is 12.2. The molecule has 0 bridgehead atoms. The van der Waals surface area contributed by atoms with Crippen LogP contribution < -0.4 is 5.32 Å². The van der Waals surface area contributed by atoms with Crippen molar-refractivity contribution in [2.45, 2.75) is 18.9 Å². The number of nitrogens with zero attached hydrogens (tertiary/aromatic N) is 1. The lowest BCUT2D eigenvalue weighted by Gasteiger charge is -2.31. The molecular weight excluding hydrogens is 363 g/mol. The number of nitro groups is 1. The van der Waals surface area contributed by atoms with E-state index < -0.39 is 4.92 Å². The quantitative estimate of drug-likeness (QED) is 0.475. The minimum absolute atomic E-state index is 0.0929. The van der Waals surface area contributed by atoms with Crippen molar-refractivity contribution in [3.63, 3.8) is 0 Å². The fraction of sp³-hybridized carbons (Fsp3) is 0.417. The number of hydrogen-bond donors (Lipinski definition) is 2. The van der Waals surface area contributed by atoms with Gasteiger partial charge in [-0.05, 0) is 47.4 Å². The van der Waals surface area contributed by atoms with Crippen molar-refractivity contribution < 1.29 is 14.8 Å². The summed E-state index contributed by atoms with van der Waals surface area (Å²) in [5.74, 6) is -0.00945. The molecule has 2 N–H and O–H groups in total. The largest absolute Gasteiger partial charge is 0.393 e. The molecule has 1 aliphatic carbocycles. The molecule has 102 valence electrons. The molecular formula is C12H13IN2O4. The van der Waals surface area contributed by atoms with Crippen LogP contribution in [0.2, 0.25) is 0 Å². The van der Waals surface area contributed by atoms with Crippen molar-refractivity contribution in [3.05, 3.63) is 37.4 Å². The number of non-ortho nitro benzene ring substituents is 1. The zero-order valence-electron chi connectivity index (χ0n) is 10.0. The first-order valence-corrected chi connectivity index (χ1v) is 6.95. The van der Waals surface area contributed by atoms with Gasteiger partial charge in [0.25, 0.3) is 11.6 Å². The number of aliphatic hydroxyl groups is 1. The number of carbonyl (C=O) groups excluding carboxylic acids is 1. The molecule has 19 heavy (non-hydrogen) atoms. The van der Waals surface area contributed by atoms with Crippen LogP contribution in [0.15, 0.2) is 18.2 Å². The van der Waals surface area contributed by atoms with Crippen LogP contribution in [0.3, 0.4) is 0 Å². The minimum Gasteiger partial charge on any atom is -0.393 e. The lowest BCUT2D eigenvalue weighted by atomic mass is 9.82. The monoisotopic (exact) mass is 376 g/mol. The van der Waals surface area contributed by atoms with Gasteiger partial charge in [-0.1, -0.05) is 0 Å². The summed E-state index contributed by atoms with van der Waals surface area (Å²) in [7, 11) is 0. The van der Waals surface area contributed by atoms with Gasteiger partial charge in [-0.2, -0.15) is 0 Å². The molecule has 1 amide bonds. The molecule has 1 aromatic rings. The maximum atomic E-state index is 12.0. The maximum Gasteiger partial charge on any atom is 0.270 e. The second kappa shape index (κ2) is 5.83.